The van der Waals surface area contributed by atoms with Gasteiger partial charge in [0.1, 0.15) is 31.8 Å². The van der Waals surface area contributed by atoms with Crippen LogP contribution in [-0.4, -0.2) is 71.1 Å². The number of nitrogens with one attached hydrogen (secondary N) is 4. The fraction of sp³-hybridized carbons (Fsp3) is 0.391. The standard InChI is InChI=1S/C23H37N9O5/c1-5-17(11-33)30-23(34)15-6-20(35-13-18(31-25)9-28-3)22(37-12-16(24)8-27-2)21(7-15)36-14-19(32-26)10-29-4/h6-11,17,27-28,31H,5,12-14,24-26H2,1-4H3,(H,30,34)/b16-8-,18-9-,29-10?,32-19?. The number of aliphatic imine (C=N–C) groups is 1. The number of ether oxygens (including phenoxy) is 3. The number of nitrogens with two attached hydrogens (primary N) is 3. The van der Waals surface area contributed by atoms with E-state index in [9.17, 15) is 9.59 Å². The Balaban J connectivity index is 3.57. The molecule has 0 aromatic heterocycles. The van der Waals surface area contributed by atoms with E-state index in [1.807, 2.05) is 0 Å². The Morgan fingerprint density at radius 1 is 1.08 bits per heavy atom. The van der Waals surface area contributed by atoms with Crippen LogP contribution in [0, 0.1) is 0 Å². The van der Waals surface area contributed by atoms with E-state index in [0.717, 1.165) is 0 Å². The van der Waals surface area contributed by atoms with Crippen LogP contribution >= 0.6 is 0 Å². The van der Waals surface area contributed by atoms with Gasteiger partial charge in [-0.2, -0.15) is 5.10 Å². The highest BCUT2D eigenvalue weighted by Crippen LogP contribution is 2.39. The molecule has 0 aliphatic carbocycles. The molecule has 1 atom stereocenters. The lowest BCUT2D eigenvalue weighted by Crippen LogP contribution is -2.35. The van der Waals surface area contributed by atoms with Crippen molar-refractivity contribution in [3.63, 3.8) is 0 Å². The first-order valence-electron chi connectivity index (χ1n) is 11.3. The molecular formula is C23H37N9O5. The monoisotopic (exact) mass is 519 g/mol. The third-order valence-corrected chi connectivity index (χ3v) is 4.62. The minimum Gasteiger partial charge on any atom is -0.483 e. The van der Waals surface area contributed by atoms with Gasteiger partial charge in [-0.25, -0.2) is 0 Å². The number of nitrogens with zero attached hydrogens (tertiary/aromatic N) is 2. The summed E-state index contributed by atoms with van der Waals surface area (Å²) in [5.74, 6) is 10.9. The third-order valence-electron chi connectivity index (χ3n) is 4.62. The summed E-state index contributed by atoms with van der Waals surface area (Å²) >= 11 is 0. The van der Waals surface area contributed by atoms with E-state index in [2.05, 4.69) is 31.5 Å². The van der Waals surface area contributed by atoms with Crippen LogP contribution < -0.4 is 53.0 Å². The predicted molar refractivity (Wildman–Crippen MR) is 142 cm³/mol. The molecule has 0 spiro atoms. The summed E-state index contributed by atoms with van der Waals surface area (Å²) < 4.78 is 17.8. The van der Waals surface area contributed by atoms with E-state index in [4.69, 9.17) is 31.6 Å². The Bertz CT molecular complexity index is 1010. The number of amides is 1. The Morgan fingerprint density at radius 2 is 1.73 bits per heavy atom. The number of aldehydes is 1. The Morgan fingerprint density at radius 3 is 2.24 bits per heavy atom. The predicted octanol–water partition coefficient (Wildman–Crippen LogP) is -0.911. The highest BCUT2D eigenvalue weighted by molar-refractivity contribution is 6.31. The quantitative estimate of drug-likeness (QED) is 0.0579. The van der Waals surface area contributed by atoms with Crippen molar-refractivity contribution >= 4 is 24.1 Å². The van der Waals surface area contributed by atoms with Crippen LogP contribution in [-0.2, 0) is 4.79 Å². The second-order valence-corrected chi connectivity index (χ2v) is 7.41. The molecule has 0 saturated heterocycles. The molecule has 1 aromatic carbocycles. The molecule has 0 aliphatic rings. The molecule has 0 radical (unpaired) electrons. The molecule has 14 nitrogen and oxygen atoms in total. The third kappa shape index (κ3) is 10.4. The van der Waals surface area contributed by atoms with E-state index in [0.29, 0.717) is 29.8 Å². The molecule has 0 heterocycles. The summed E-state index contributed by atoms with van der Waals surface area (Å²) in [4.78, 5) is 28.1. The summed E-state index contributed by atoms with van der Waals surface area (Å²) in [5.41, 5.74) is 9.86. The fourth-order valence-electron chi connectivity index (χ4n) is 2.79. The number of carbonyl (C=O) groups is 2. The molecule has 0 bridgehead atoms. The number of hydrogen-bond acceptors (Lipinski definition) is 13. The molecular weight excluding hydrogens is 482 g/mol. The molecule has 0 fully saturated rings. The summed E-state index contributed by atoms with van der Waals surface area (Å²) in [5, 5.41) is 11.9. The molecule has 1 rings (SSSR count). The van der Waals surface area contributed by atoms with Crippen LogP contribution in [0.4, 0.5) is 0 Å². The minimum absolute atomic E-state index is 0.00995. The van der Waals surface area contributed by atoms with E-state index < -0.39 is 11.9 Å². The zero-order valence-electron chi connectivity index (χ0n) is 21.5. The average molecular weight is 520 g/mol. The van der Waals surface area contributed by atoms with Crippen LogP contribution in [0.25, 0.3) is 0 Å². The number of hydrazone groups is 1. The molecule has 0 aliphatic heterocycles. The van der Waals surface area contributed by atoms with Gasteiger partial charge in [0, 0.05) is 45.3 Å². The van der Waals surface area contributed by atoms with Gasteiger partial charge in [0.15, 0.2) is 11.5 Å². The summed E-state index contributed by atoms with van der Waals surface area (Å²) in [6.45, 7) is 1.66. The number of hydrogen-bond donors (Lipinski definition) is 7. The smallest absolute Gasteiger partial charge is 0.252 e. The SMILES string of the molecule is CCC(C=O)NC(=O)c1cc(OCC(C=NC)=NN)c(OC/C(N)=C/NC)c(OC/C(=C/NC)NN)c1. The highest BCUT2D eigenvalue weighted by atomic mass is 16.5. The van der Waals surface area contributed by atoms with Gasteiger partial charge in [0.05, 0.1) is 17.4 Å². The number of carbonyl (C=O) groups excluding carboxylic acids is 2. The zero-order valence-corrected chi connectivity index (χ0v) is 21.5. The van der Waals surface area contributed by atoms with Crippen molar-refractivity contribution in [3.8, 4) is 17.2 Å². The second-order valence-electron chi connectivity index (χ2n) is 7.41. The number of benzene rings is 1. The number of hydrazine groups is 1. The Hall–Kier alpha value is -4.46. The molecule has 1 amide bonds. The largest absolute Gasteiger partial charge is 0.483 e. The van der Waals surface area contributed by atoms with Crippen molar-refractivity contribution in [2.24, 2.45) is 27.5 Å². The molecule has 0 saturated carbocycles. The highest BCUT2D eigenvalue weighted by Gasteiger charge is 2.21. The molecule has 10 N–H and O–H groups in total. The molecule has 204 valence electrons. The maximum absolute atomic E-state index is 13.0. The first-order chi connectivity index (χ1) is 17.9. The maximum Gasteiger partial charge on any atom is 0.252 e. The van der Waals surface area contributed by atoms with Crippen LogP contribution in [0.1, 0.15) is 23.7 Å². The molecule has 37 heavy (non-hydrogen) atoms. The van der Waals surface area contributed by atoms with Crippen LogP contribution in [0.15, 0.2) is 46.0 Å². The van der Waals surface area contributed by atoms with Crippen molar-refractivity contribution in [3.05, 3.63) is 41.5 Å². The molecule has 1 unspecified atom stereocenters. The average Bonchev–Trinajstić information content (AvgIpc) is 2.90. The first-order valence-corrected chi connectivity index (χ1v) is 11.3. The van der Waals surface area contributed by atoms with Crippen molar-refractivity contribution in [1.82, 2.24) is 21.4 Å². The first kappa shape index (κ1) is 30.6. The van der Waals surface area contributed by atoms with Gasteiger partial charge in [-0.15, -0.1) is 0 Å². The van der Waals surface area contributed by atoms with Crippen molar-refractivity contribution < 1.29 is 23.8 Å². The van der Waals surface area contributed by atoms with Crippen LogP contribution in [0.5, 0.6) is 17.2 Å². The number of rotatable bonds is 17. The normalized spacial score (nSPS) is 13.1. The topological polar surface area (TPSA) is 213 Å². The van der Waals surface area contributed by atoms with Crippen molar-refractivity contribution in [2.75, 3.05) is 41.0 Å². The van der Waals surface area contributed by atoms with Crippen LogP contribution in [0.3, 0.4) is 0 Å². The van der Waals surface area contributed by atoms with Crippen molar-refractivity contribution in [2.45, 2.75) is 19.4 Å². The van der Waals surface area contributed by atoms with E-state index >= 15 is 0 Å². The Labute approximate surface area is 216 Å². The summed E-state index contributed by atoms with van der Waals surface area (Å²) in [7, 11) is 4.96. The second kappa shape index (κ2) is 17.0. The minimum atomic E-state index is -0.660. The summed E-state index contributed by atoms with van der Waals surface area (Å²) in [6.07, 6.45) is 5.69. The van der Waals surface area contributed by atoms with Gasteiger partial charge in [0.2, 0.25) is 5.75 Å². The molecule has 1 aromatic rings. The van der Waals surface area contributed by atoms with E-state index in [1.165, 1.54) is 18.3 Å². The zero-order chi connectivity index (χ0) is 27.6. The van der Waals surface area contributed by atoms with E-state index in [-0.39, 0.29) is 42.6 Å². The van der Waals surface area contributed by atoms with Crippen molar-refractivity contribution in [1.29, 1.82) is 0 Å². The maximum atomic E-state index is 13.0. The molecule has 14 heteroatoms. The lowest BCUT2D eigenvalue weighted by molar-refractivity contribution is -0.109. The van der Waals surface area contributed by atoms with Gasteiger partial charge in [0.25, 0.3) is 5.91 Å². The lowest BCUT2D eigenvalue weighted by atomic mass is 10.1. The van der Waals surface area contributed by atoms with Gasteiger partial charge >= 0.3 is 0 Å². The van der Waals surface area contributed by atoms with Gasteiger partial charge < -0.3 is 52.0 Å². The van der Waals surface area contributed by atoms with Gasteiger partial charge in [-0.1, -0.05) is 6.92 Å². The van der Waals surface area contributed by atoms with Crippen LogP contribution in [0.2, 0.25) is 0 Å². The lowest BCUT2D eigenvalue weighted by Gasteiger charge is -2.20. The fourth-order valence-corrected chi connectivity index (χ4v) is 2.79. The van der Waals surface area contributed by atoms with Gasteiger partial charge in [-0.3, -0.25) is 15.6 Å². The van der Waals surface area contributed by atoms with E-state index in [1.54, 1.807) is 40.5 Å². The Kier molecular flexibility index (Phi) is 14.1. The van der Waals surface area contributed by atoms with Gasteiger partial charge in [-0.05, 0) is 18.6 Å². The summed E-state index contributed by atoms with van der Waals surface area (Å²) in [6, 6.07) is 2.26.